The molecule has 144 valence electrons. The Balaban J connectivity index is 1.64. The third-order valence-electron chi connectivity index (χ3n) is 4.87. The molecule has 2 atom stereocenters. The number of aromatic nitrogens is 1. The lowest BCUT2D eigenvalue weighted by atomic mass is 9.95. The quantitative estimate of drug-likeness (QED) is 0.819. The number of hydrogen-bond donors (Lipinski definition) is 1. The fourth-order valence-corrected chi connectivity index (χ4v) is 3.41. The van der Waals surface area contributed by atoms with Gasteiger partial charge in [-0.2, -0.15) is 13.2 Å². The van der Waals surface area contributed by atoms with Gasteiger partial charge in [-0.1, -0.05) is 28.9 Å². The standard InChI is InChI=1S/C19H16F3N4O2/c1-25-11-13(9-24-25)15-7-6-12(8-23-15)10-26-16-5-3-2-4-14(16)18(28,17(26)27)19(20,21)22/h2-9,11,13,28H,10H2,1H3/q+1. The molecule has 0 fully saturated rings. The average molecular weight is 389 g/mol. The summed E-state index contributed by atoms with van der Waals surface area (Å²) in [6, 6.07) is 8.83. The molecule has 0 spiro atoms. The van der Waals surface area contributed by atoms with Crippen LogP contribution in [0.2, 0.25) is 0 Å². The first-order chi connectivity index (χ1) is 13.2. The topological polar surface area (TPSA) is 68.8 Å². The monoisotopic (exact) mass is 389 g/mol. The fraction of sp³-hybridized carbons (Fsp3) is 0.263. The molecule has 2 aromatic rings. The van der Waals surface area contributed by atoms with Crippen LogP contribution in [-0.4, -0.2) is 46.3 Å². The molecule has 2 unspecified atom stereocenters. The number of para-hydroxylation sites is 1. The van der Waals surface area contributed by atoms with Crippen molar-refractivity contribution in [3.05, 3.63) is 59.4 Å². The third-order valence-corrected chi connectivity index (χ3v) is 4.87. The number of rotatable bonds is 3. The van der Waals surface area contributed by atoms with Crippen molar-refractivity contribution >= 4 is 24.0 Å². The fourth-order valence-electron chi connectivity index (χ4n) is 3.41. The van der Waals surface area contributed by atoms with Crippen molar-refractivity contribution < 1.29 is 27.8 Å². The van der Waals surface area contributed by atoms with Gasteiger partial charge in [-0.25, -0.2) is 0 Å². The number of hydrazone groups is 1. The van der Waals surface area contributed by atoms with E-state index >= 15 is 0 Å². The summed E-state index contributed by atoms with van der Waals surface area (Å²) >= 11 is 0. The molecule has 0 radical (unpaired) electrons. The van der Waals surface area contributed by atoms with Crippen molar-refractivity contribution in [3.63, 3.8) is 0 Å². The van der Waals surface area contributed by atoms with E-state index in [4.69, 9.17) is 0 Å². The van der Waals surface area contributed by atoms with Crippen molar-refractivity contribution in [1.29, 1.82) is 0 Å². The van der Waals surface area contributed by atoms with Crippen molar-refractivity contribution in [2.45, 2.75) is 24.2 Å². The number of alkyl halides is 3. The summed E-state index contributed by atoms with van der Waals surface area (Å²) in [7, 11) is 1.79. The summed E-state index contributed by atoms with van der Waals surface area (Å²) in [5, 5.41) is 14.4. The van der Waals surface area contributed by atoms with Crippen molar-refractivity contribution in [1.82, 2.24) is 4.98 Å². The molecule has 2 aliphatic heterocycles. The van der Waals surface area contributed by atoms with Crippen LogP contribution >= 0.6 is 0 Å². The number of carbonyl (C=O) groups excluding carboxylic acids is 1. The Kier molecular flexibility index (Phi) is 4.07. The molecular formula is C19H16F3N4O2+. The minimum absolute atomic E-state index is 0.0364. The predicted molar refractivity (Wildman–Crippen MR) is 95.3 cm³/mol. The second kappa shape index (κ2) is 6.23. The van der Waals surface area contributed by atoms with Gasteiger partial charge in [0.15, 0.2) is 13.3 Å². The number of amides is 1. The molecule has 0 saturated carbocycles. The normalized spacial score (nSPS) is 23.9. The zero-order chi connectivity index (χ0) is 20.1. The number of anilines is 1. The van der Waals surface area contributed by atoms with E-state index in [-0.39, 0.29) is 18.2 Å². The Labute approximate surface area is 158 Å². The van der Waals surface area contributed by atoms with Crippen LogP contribution in [0.5, 0.6) is 0 Å². The largest absolute Gasteiger partial charge is 0.430 e. The summed E-state index contributed by atoms with van der Waals surface area (Å²) in [6.07, 6.45) is -0.0196. The van der Waals surface area contributed by atoms with Gasteiger partial charge in [0.2, 0.25) is 0 Å². The van der Waals surface area contributed by atoms with Crippen molar-refractivity contribution in [2.75, 3.05) is 11.9 Å². The molecule has 6 nitrogen and oxygen atoms in total. The third kappa shape index (κ3) is 2.70. The van der Waals surface area contributed by atoms with E-state index in [1.165, 1.54) is 24.4 Å². The van der Waals surface area contributed by atoms with Crippen LogP contribution in [0.25, 0.3) is 0 Å². The summed E-state index contributed by atoms with van der Waals surface area (Å²) in [6.45, 7) is -0.135. The second-order valence-electron chi connectivity index (χ2n) is 6.72. The maximum atomic E-state index is 13.5. The first kappa shape index (κ1) is 18.3. The van der Waals surface area contributed by atoms with Gasteiger partial charge in [0.05, 0.1) is 24.1 Å². The molecule has 1 N–H and O–H groups in total. The number of hydrogen-bond acceptors (Lipinski definition) is 4. The summed E-state index contributed by atoms with van der Waals surface area (Å²) < 4.78 is 42.2. The van der Waals surface area contributed by atoms with E-state index < -0.39 is 23.2 Å². The smallest absolute Gasteiger partial charge is 0.368 e. The molecule has 28 heavy (non-hydrogen) atoms. The molecule has 4 rings (SSSR count). The molecule has 1 amide bonds. The van der Waals surface area contributed by atoms with E-state index in [9.17, 15) is 23.1 Å². The van der Waals surface area contributed by atoms with Gasteiger partial charge in [-0.05, 0) is 22.8 Å². The van der Waals surface area contributed by atoms with E-state index in [0.717, 1.165) is 16.7 Å². The van der Waals surface area contributed by atoms with Crippen LogP contribution in [0.3, 0.4) is 0 Å². The van der Waals surface area contributed by atoms with Crippen molar-refractivity contribution in [2.24, 2.45) is 5.10 Å². The molecule has 0 bridgehead atoms. The zero-order valence-corrected chi connectivity index (χ0v) is 14.8. The highest BCUT2D eigenvalue weighted by atomic mass is 19.4. The average Bonchev–Trinajstić information content (AvgIpc) is 3.19. The van der Waals surface area contributed by atoms with Crippen LogP contribution in [0, 0.1) is 0 Å². The number of halogens is 3. The number of nitrogens with zero attached hydrogens (tertiary/aromatic N) is 4. The molecule has 3 heterocycles. The lowest BCUT2D eigenvalue weighted by molar-refractivity contribution is -0.494. The van der Waals surface area contributed by atoms with Gasteiger partial charge in [-0.15, -0.1) is 0 Å². The van der Waals surface area contributed by atoms with E-state index in [1.807, 2.05) is 6.21 Å². The Morgan fingerprint density at radius 2 is 2.00 bits per heavy atom. The van der Waals surface area contributed by atoms with Gasteiger partial charge in [0.1, 0.15) is 5.92 Å². The van der Waals surface area contributed by atoms with E-state index in [0.29, 0.717) is 5.56 Å². The van der Waals surface area contributed by atoms with Gasteiger partial charge in [-0.3, -0.25) is 9.78 Å². The molecular weight excluding hydrogens is 373 g/mol. The first-order valence-electron chi connectivity index (χ1n) is 8.49. The number of aliphatic hydroxyl groups is 1. The van der Waals surface area contributed by atoms with Crippen LogP contribution in [0.15, 0.2) is 47.7 Å². The second-order valence-corrected chi connectivity index (χ2v) is 6.72. The summed E-state index contributed by atoms with van der Waals surface area (Å²) in [5.41, 5.74) is -2.69. The van der Waals surface area contributed by atoms with Crippen LogP contribution in [-0.2, 0) is 16.9 Å². The van der Waals surface area contributed by atoms with Crippen LogP contribution < -0.4 is 4.90 Å². The predicted octanol–water partition coefficient (Wildman–Crippen LogP) is 2.17. The Morgan fingerprint density at radius 1 is 1.25 bits per heavy atom. The Morgan fingerprint density at radius 3 is 2.61 bits per heavy atom. The first-order valence-corrected chi connectivity index (χ1v) is 8.49. The molecule has 2 aliphatic rings. The minimum Gasteiger partial charge on any atom is -0.368 e. The molecule has 9 heteroatoms. The lowest BCUT2D eigenvalue weighted by Gasteiger charge is -2.25. The van der Waals surface area contributed by atoms with Crippen LogP contribution in [0.4, 0.5) is 18.9 Å². The highest BCUT2D eigenvalue weighted by Crippen LogP contribution is 2.49. The molecule has 0 aliphatic carbocycles. The number of benzene rings is 1. The lowest BCUT2D eigenvalue weighted by Crippen LogP contribution is -2.50. The van der Waals surface area contributed by atoms with Gasteiger partial charge >= 0.3 is 6.18 Å². The molecule has 0 saturated heterocycles. The zero-order valence-electron chi connectivity index (χ0n) is 14.8. The summed E-state index contributed by atoms with van der Waals surface area (Å²) in [4.78, 5) is 17.8. The maximum Gasteiger partial charge on any atom is 0.430 e. The maximum absolute atomic E-state index is 13.5. The molecule has 1 aromatic heterocycles. The number of pyridine rings is 1. The number of fused-ring (bicyclic) bond motifs is 1. The van der Waals surface area contributed by atoms with Gasteiger partial charge < -0.3 is 10.0 Å². The highest BCUT2D eigenvalue weighted by molar-refractivity contribution is 6.07. The van der Waals surface area contributed by atoms with Crippen molar-refractivity contribution in [3.8, 4) is 0 Å². The Bertz CT molecular complexity index is 1000. The SMILES string of the molecule is C[N+]1=CC(c2ccc(CN3C(=O)C(O)(C(F)(F)F)c4ccccc43)cn2)C=N1. The Hall–Kier alpha value is -3.07. The summed E-state index contributed by atoms with van der Waals surface area (Å²) in [5.74, 6) is -1.49. The number of carbonyl (C=O) groups is 1. The van der Waals surface area contributed by atoms with Gasteiger partial charge in [0, 0.05) is 11.8 Å². The molecule has 1 aromatic carbocycles. The van der Waals surface area contributed by atoms with E-state index in [2.05, 4.69) is 10.1 Å². The van der Waals surface area contributed by atoms with Crippen LogP contribution in [0.1, 0.15) is 22.7 Å². The van der Waals surface area contributed by atoms with E-state index in [1.54, 1.807) is 30.1 Å². The van der Waals surface area contributed by atoms with Gasteiger partial charge in [0.25, 0.3) is 11.5 Å². The highest BCUT2D eigenvalue weighted by Gasteiger charge is 2.66. The minimum atomic E-state index is -5.12.